The van der Waals surface area contributed by atoms with Crippen LogP contribution in [0.4, 0.5) is 4.79 Å². The molecule has 0 unspecified atom stereocenters. The molecule has 4 heteroatoms. The van der Waals surface area contributed by atoms with E-state index >= 15 is 0 Å². The van der Waals surface area contributed by atoms with Gasteiger partial charge in [-0.1, -0.05) is 26.7 Å². The van der Waals surface area contributed by atoms with E-state index in [0.717, 1.165) is 32.4 Å². The Morgan fingerprint density at radius 2 is 2.06 bits per heavy atom. The second kappa shape index (κ2) is 6.65. The summed E-state index contributed by atoms with van der Waals surface area (Å²) in [6, 6.07) is 0. The summed E-state index contributed by atoms with van der Waals surface area (Å²) in [6.45, 7) is 8.36. The van der Waals surface area contributed by atoms with Crippen molar-refractivity contribution in [1.82, 2.24) is 10.2 Å². The summed E-state index contributed by atoms with van der Waals surface area (Å²) >= 11 is 0. The largest absolute Gasteiger partial charge is 0.444 e. The van der Waals surface area contributed by atoms with E-state index in [4.69, 9.17) is 11.2 Å². The molecule has 0 aromatic rings. The van der Waals surface area contributed by atoms with Crippen molar-refractivity contribution < 1.29 is 9.53 Å². The summed E-state index contributed by atoms with van der Waals surface area (Å²) < 4.78 is 5.29. The fourth-order valence-corrected chi connectivity index (χ4v) is 2.27. The van der Waals surface area contributed by atoms with Crippen molar-refractivity contribution in [3.05, 3.63) is 0 Å². The Balaban J connectivity index is 2.35. The van der Waals surface area contributed by atoms with Gasteiger partial charge in [0.1, 0.15) is 6.10 Å². The molecule has 102 valence electrons. The number of nitrogens with one attached hydrogen (secondary N) is 1. The standard InChI is InChI=1S/C14H24N2O2/c1-5-9-15-13(17)18-12-10-16(11-12)14(6-2,7-3)8-4/h2,12H,5,7-11H2,1,3-4H3,(H,15,17). The van der Waals surface area contributed by atoms with Gasteiger partial charge in [-0.3, -0.25) is 4.90 Å². The quantitative estimate of drug-likeness (QED) is 0.735. The minimum absolute atomic E-state index is 0.0207. The van der Waals surface area contributed by atoms with Gasteiger partial charge in [0, 0.05) is 19.6 Å². The third kappa shape index (κ3) is 3.17. The van der Waals surface area contributed by atoms with Crippen LogP contribution in [-0.2, 0) is 4.74 Å². The van der Waals surface area contributed by atoms with Crippen LogP contribution in [0.15, 0.2) is 0 Å². The van der Waals surface area contributed by atoms with E-state index in [1.165, 1.54) is 0 Å². The van der Waals surface area contributed by atoms with Gasteiger partial charge < -0.3 is 10.1 Å². The maximum absolute atomic E-state index is 11.4. The van der Waals surface area contributed by atoms with E-state index in [1.54, 1.807) is 0 Å². The number of hydrogen-bond donors (Lipinski definition) is 1. The molecule has 1 N–H and O–H groups in total. The normalized spacial score (nSPS) is 16.8. The highest BCUT2D eigenvalue weighted by Crippen LogP contribution is 2.29. The predicted molar refractivity (Wildman–Crippen MR) is 72.3 cm³/mol. The summed E-state index contributed by atoms with van der Waals surface area (Å²) in [5, 5.41) is 2.71. The molecule has 4 nitrogen and oxygen atoms in total. The van der Waals surface area contributed by atoms with Gasteiger partial charge in [-0.05, 0) is 19.3 Å². The number of carbonyl (C=O) groups is 1. The lowest BCUT2D eigenvalue weighted by molar-refractivity contribution is -0.0565. The maximum atomic E-state index is 11.4. The Kier molecular flexibility index (Phi) is 5.49. The molecule has 0 bridgehead atoms. The fourth-order valence-electron chi connectivity index (χ4n) is 2.27. The summed E-state index contributed by atoms with van der Waals surface area (Å²) in [5.41, 5.74) is -0.167. The number of amides is 1. The van der Waals surface area contributed by atoms with E-state index < -0.39 is 0 Å². The van der Waals surface area contributed by atoms with Crippen LogP contribution in [-0.4, -0.2) is 42.3 Å². The van der Waals surface area contributed by atoms with Crippen LogP contribution in [0.3, 0.4) is 0 Å². The van der Waals surface area contributed by atoms with Crippen LogP contribution in [0.1, 0.15) is 40.0 Å². The zero-order valence-electron chi connectivity index (χ0n) is 11.7. The van der Waals surface area contributed by atoms with Crippen LogP contribution in [0.5, 0.6) is 0 Å². The Labute approximate surface area is 110 Å². The van der Waals surface area contributed by atoms with E-state index in [0.29, 0.717) is 6.54 Å². The van der Waals surface area contributed by atoms with Crippen molar-refractivity contribution in [3.63, 3.8) is 0 Å². The number of nitrogens with zero attached hydrogens (tertiary/aromatic N) is 1. The van der Waals surface area contributed by atoms with Crippen molar-refractivity contribution in [2.24, 2.45) is 0 Å². The highest BCUT2D eigenvalue weighted by molar-refractivity contribution is 5.67. The minimum atomic E-state index is -0.319. The molecule has 0 aromatic carbocycles. The molecule has 0 aliphatic carbocycles. The van der Waals surface area contributed by atoms with E-state index in [9.17, 15) is 4.79 Å². The molecular formula is C14H24N2O2. The predicted octanol–water partition coefficient (Wildman–Crippen LogP) is 2.00. The summed E-state index contributed by atoms with van der Waals surface area (Å²) in [5.74, 6) is 2.89. The molecular weight excluding hydrogens is 228 g/mol. The van der Waals surface area contributed by atoms with Gasteiger partial charge in [-0.2, -0.15) is 0 Å². The molecule has 0 saturated carbocycles. The van der Waals surface area contributed by atoms with Crippen molar-refractivity contribution >= 4 is 6.09 Å². The highest BCUT2D eigenvalue weighted by atomic mass is 16.6. The van der Waals surface area contributed by atoms with E-state index in [2.05, 4.69) is 30.0 Å². The molecule has 1 saturated heterocycles. The van der Waals surface area contributed by atoms with Crippen molar-refractivity contribution in [1.29, 1.82) is 0 Å². The number of ether oxygens (including phenoxy) is 1. The Bertz CT molecular complexity index is 312. The van der Waals surface area contributed by atoms with Crippen molar-refractivity contribution in [3.8, 4) is 12.3 Å². The number of rotatable bonds is 6. The zero-order valence-corrected chi connectivity index (χ0v) is 11.7. The maximum Gasteiger partial charge on any atom is 0.407 e. The summed E-state index contributed by atoms with van der Waals surface area (Å²) in [6.07, 6.45) is 8.07. The van der Waals surface area contributed by atoms with Crippen LogP contribution >= 0.6 is 0 Å². The summed E-state index contributed by atoms with van der Waals surface area (Å²) in [4.78, 5) is 13.6. The Hall–Kier alpha value is -1.21. The first kappa shape index (κ1) is 14.8. The monoisotopic (exact) mass is 252 g/mol. The number of alkyl carbamates (subject to hydrolysis) is 1. The average molecular weight is 252 g/mol. The average Bonchev–Trinajstić information content (AvgIpc) is 2.35. The van der Waals surface area contributed by atoms with Gasteiger partial charge in [0.05, 0.1) is 5.54 Å². The Morgan fingerprint density at radius 3 is 2.50 bits per heavy atom. The Morgan fingerprint density at radius 1 is 1.44 bits per heavy atom. The lowest BCUT2D eigenvalue weighted by atomic mass is 9.88. The first-order valence-electron chi connectivity index (χ1n) is 6.79. The van der Waals surface area contributed by atoms with Crippen LogP contribution in [0.2, 0.25) is 0 Å². The van der Waals surface area contributed by atoms with Crippen LogP contribution < -0.4 is 5.32 Å². The van der Waals surface area contributed by atoms with E-state index in [1.807, 2.05) is 6.92 Å². The molecule has 18 heavy (non-hydrogen) atoms. The molecule has 1 fully saturated rings. The number of terminal acetylenes is 1. The van der Waals surface area contributed by atoms with Gasteiger partial charge in [0.2, 0.25) is 0 Å². The smallest absolute Gasteiger partial charge is 0.407 e. The fraction of sp³-hybridized carbons (Fsp3) is 0.786. The lowest BCUT2D eigenvalue weighted by Gasteiger charge is -2.48. The molecule has 1 rings (SSSR count). The van der Waals surface area contributed by atoms with Crippen molar-refractivity contribution in [2.45, 2.75) is 51.7 Å². The van der Waals surface area contributed by atoms with Crippen LogP contribution in [0.25, 0.3) is 0 Å². The van der Waals surface area contributed by atoms with Gasteiger partial charge in [-0.15, -0.1) is 6.42 Å². The molecule has 1 aliphatic heterocycles. The second-order valence-electron chi connectivity index (χ2n) is 4.74. The lowest BCUT2D eigenvalue weighted by Crippen LogP contribution is -2.62. The molecule has 0 radical (unpaired) electrons. The second-order valence-corrected chi connectivity index (χ2v) is 4.74. The van der Waals surface area contributed by atoms with Gasteiger partial charge in [0.15, 0.2) is 0 Å². The van der Waals surface area contributed by atoms with Crippen LogP contribution in [0, 0.1) is 12.3 Å². The first-order chi connectivity index (χ1) is 8.61. The third-order valence-electron chi connectivity index (χ3n) is 3.68. The molecule has 0 atom stereocenters. The molecule has 0 aromatic heterocycles. The van der Waals surface area contributed by atoms with E-state index in [-0.39, 0.29) is 17.7 Å². The molecule has 0 spiro atoms. The SMILES string of the molecule is C#CC(CC)(CC)N1CC(OC(=O)NCCC)C1. The van der Waals surface area contributed by atoms with Gasteiger partial charge in [-0.25, -0.2) is 4.79 Å². The highest BCUT2D eigenvalue weighted by Gasteiger charge is 2.41. The number of hydrogen-bond acceptors (Lipinski definition) is 3. The zero-order chi connectivity index (χ0) is 13.6. The minimum Gasteiger partial charge on any atom is -0.444 e. The summed E-state index contributed by atoms with van der Waals surface area (Å²) in [7, 11) is 0. The molecule has 1 heterocycles. The van der Waals surface area contributed by atoms with Crippen molar-refractivity contribution in [2.75, 3.05) is 19.6 Å². The molecule has 1 amide bonds. The van der Waals surface area contributed by atoms with Gasteiger partial charge >= 0.3 is 6.09 Å². The third-order valence-corrected chi connectivity index (χ3v) is 3.68. The topological polar surface area (TPSA) is 41.6 Å². The first-order valence-corrected chi connectivity index (χ1v) is 6.79. The number of carbonyl (C=O) groups excluding carboxylic acids is 1. The molecule has 1 aliphatic rings. The number of likely N-dealkylation sites (tertiary alicyclic amines) is 1. The van der Waals surface area contributed by atoms with Gasteiger partial charge in [0.25, 0.3) is 0 Å².